The lowest BCUT2D eigenvalue weighted by molar-refractivity contribution is -0.131. The van der Waals surface area contributed by atoms with Crippen LogP contribution >= 0.6 is 0 Å². The predicted octanol–water partition coefficient (Wildman–Crippen LogP) is 4.99. The van der Waals surface area contributed by atoms with Crippen LogP contribution in [0.2, 0.25) is 0 Å². The molecule has 0 saturated carbocycles. The van der Waals surface area contributed by atoms with Gasteiger partial charge in [0, 0.05) is 26.2 Å². The van der Waals surface area contributed by atoms with Gasteiger partial charge in [-0.25, -0.2) is 13.2 Å². The van der Waals surface area contributed by atoms with Crippen LogP contribution in [0.25, 0.3) is 0 Å². The number of sulfonamides is 1. The van der Waals surface area contributed by atoms with Crippen molar-refractivity contribution < 1.29 is 32.5 Å². The number of hydrogen-bond acceptors (Lipinski definition) is 6. The van der Waals surface area contributed by atoms with Crippen molar-refractivity contribution in [1.82, 2.24) is 0 Å². The second-order valence-corrected chi connectivity index (χ2v) is 10.3. The number of rotatable bonds is 16. The quantitative estimate of drug-likeness (QED) is 0.246. The van der Waals surface area contributed by atoms with Gasteiger partial charge in [0.1, 0.15) is 0 Å². The van der Waals surface area contributed by atoms with Crippen molar-refractivity contribution >= 4 is 21.7 Å². The number of carbonyl (C=O) groups is 1. The lowest BCUT2D eigenvalue weighted by atomic mass is 10.1. The van der Waals surface area contributed by atoms with E-state index in [-0.39, 0.29) is 6.10 Å². The van der Waals surface area contributed by atoms with Crippen molar-refractivity contribution in [2.24, 2.45) is 0 Å². The summed E-state index contributed by atoms with van der Waals surface area (Å²) in [5.41, 5.74) is 2.51. The number of nitrogens with zero attached hydrogens (tertiary/aromatic N) is 1. The van der Waals surface area contributed by atoms with Gasteiger partial charge in [-0.15, -0.1) is 0 Å². The van der Waals surface area contributed by atoms with E-state index in [9.17, 15) is 13.2 Å². The Labute approximate surface area is 214 Å². The molecule has 0 aromatic heterocycles. The topological polar surface area (TPSA) is 102 Å². The molecule has 1 atom stereocenters. The van der Waals surface area contributed by atoms with Crippen LogP contribution in [-0.4, -0.2) is 52.6 Å². The summed E-state index contributed by atoms with van der Waals surface area (Å²) in [6, 6.07) is 13.0. The highest BCUT2D eigenvalue weighted by Crippen LogP contribution is 2.33. The average molecular weight is 520 g/mol. The van der Waals surface area contributed by atoms with Crippen LogP contribution in [0.3, 0.4) is 0 Å². The first-order valence-corrected chi connectivity index (χ1v) is 13.9. The normalized spacial score (nSPS) is 12.4. The van der Waals surface area contributed by atoms with Gasteiger partial charge in [0.05, 0.1) is 31.3 Å². The SMILES string of the molecule is CCCCOc1cc(C(CC=CC(=O)O)OCC)ccc1OCCc1ccc(N(C)S(C)(=O)=O)cc1. The van der Waals surface area contributed by atoms with Crippen molar-refractivity contribution in [2.45, 2.75) is 45.6 Å². The van der Waals surface area contributed by atoms with Crippen molar-refractivity contribution in [3.8, 4) is 11.5 Å². The third-order valence-corrected chi connectivity index (χ3v) is 6.72. The largest absolute Gasteiger partial charge is 0.490 e. The third-order valence-electron chi connectivity index (χ3n) is 5.52. The van der Waals surface area contributed by atoms with E-state index >= 15 is 0 Å². The van der Waals surface area contributed by atoms with Gasteiger partial charge in [-0.05, 0) is 55.2 Å². The monoisotopic (exact) mass is 519 g/mol. The second kappa shape index (κ2) is 14.5. The van der Waals surface area contributed by atoms with Crippen LogP contribution in [0.15, 0.2) is 54.6 Å². The van der Waals surface area contributed by atoms with Gasteiger partial charge in [0.15, 0.2) is 11.5 Å². The lowest BCUT2D eigenvalue weighted by Crippen LogP contribution is -2.24. The Morgan fingerprint density at radius 1 is 1.06 bits per heavy atom. The molecule has 0 fully saturated rings. The number of benzene rings is 2. The third kappa shape index (κ3) is 9.54. The van der Waals surface area contributed by atoms with Crippen LogP contribution in [0.4, 0.5) is 5.69 Å². The maximum atomic E-state index is 11.7. The minimum absolute atomic E-state index is 0.295. The summed E-state index contributed by atoms with van der Waals surface area (Å²) in [6.45, 7) is 5.46. The Balaban J connectivity index is 2.11. The van der Waals surface area contributed by atoms with Crippen molar-refractivity contribution in [3.05, 3.63) is 65.7 Å². The zero-order valence-corrected chi connectivity index (χ0v) is 22.3. The molecule has 0 aliphatic carbocycles. The molecular weight excluding hydrogens is 482 g/mol. The molecule has 198 valence electrons. The Morgan fingerprint density at radius 2 is 1.75 bits per heavy atom. The molecule has 2 aromatic carbocycles. The van der Waals surface area contributed by atoms with E-state index in [2.05, 4.69) is 6.92 Å². The first kappa shape index (κ1) is 29.2. The van der Waals surface area contributed by atoms with Crippen LogP contribution < -0.4 is 13.8 Å². The van der Waals surface area contributed by atoms with Gasteiger partial charge in [-0.2, -0.15) is 0 Å². The molecule has 9 heteroatoms. The standard InChI is InChI=1S/C27H37NO7S/c1-5-7-18-34-26-20-22(24(33-6-2)9-8-10-27(29)30)13-16-25(26)35-19-17-21-11-14-23(15-12-21)28(3)36(4,31)32/h8,10-16,20,24H,5-7,9,17-19H2,1-4H3,(H,29,30). The fourth-order valence-electron chi connectivity index (χ4n) is 3.42. The van der Waals surface area contributed by atoms with Crippen molar-refractivity contribution in [3.63, 3.8) is 0 Å². The summed E-state index contributed by atoms with van der Waals surface area (Å²) >= 11 is 0. The van der Waals surface area contributed by atoms with E-state index in [4.69, 9.17) is 19.3 Å². The van der Waals surface area contributed by atoms with Crippen LogP contribution in [0, 0.1) is 0 Å². The molecule has 0 spiro atoms. The zero-order valence-electron chi connectivity index (χ0n) is 21.5. The Hall–Kier alpha value is -3.04. The molecule has 0 amide bonds. The lowest BCUT2D eigenvalue weighted by Gasteiger charge is -2.19. The number of anilines is 1. The molecule has 0 radical (unpaired) electrons. The molecule has 0 heterocycles. The Morgan fingerprint density at radius 3 is 2.36 bits per heavy atom. The van der Waals surface area contributed by atoms with Gasteiger partial charge in [0.25, 0.3) is 0 Å². The summed E-state index contributed by atoms with van der Waals surface area (Å²) in [4.78, 5) is 10.8. The van der Waals surface area contributed by atoms with E-state index in [1.165, 1.54) is 17.6 Å². The Bertz CT molecular complexity index is 1100. The first-order valence-electron chi connectivity index (χ1n) is 12.1. The van der Waals surface area contributed by atoms with Crippen LogP contribution in [0.5, 0.6) is 11.5 Å². The molecule has 0 saturated heterocycles. The molecule has 36 heavy (non-hydrogen) atoms. The summed E-state index contributed by atoms with van der Waals surface area (Å²) in [6.07, 6.45) is 6.56. The summed E-state index contributed by atoms with van der Waals surface area (Å²) in [5.74, 6) is 0.257. The fourth-order valence-corrected chi connectivity index (χ4v) is 3.92. The highest BCUT2D eigenvalue weighted by Gasteiger charge is 2.15. The zero-order chi connectivity index (χ0) is 26.6. The van der Waals surface area contributed by atoms with E-state index in [0.717, 1.165) is 30.0 Å². The highest BCUT2D eigenvalue weighted by atomic mass is 32.2. The second-order valence-electron chi connectivity index (χ2n) is 8.32. The summed E-state index contributed by atoms with van der Waals surface area (Å²) in [7, 11) is -1.78. The van der Waals surface area contributed by atoms with Crippen LogP contribution in [0.1, 0.15) is 50.3 Å². The van der Waals surface area contributed by atoms with Gasteiger partial charge < -0.3 is 19.3 Å². The molecule has 0 aliphatic rings. The molecule has 0 bridgehead atoms. The smallest absolute Gasteiger partial charge is 0.327 e. The minimum Gasteiger partial charge on any atom is -0.490 e. The van der Waals surface area contributed by atoms with Crippen LogP contribution in [-0.2, 0) is 26.0 Å². The van der Waals surface area contributed by atoms with E-state index < -0.39 is 16.0 Å². The molecule has 2 rings (SSSR count). The number of hydrogen-bond donors (Lipinski definition) is 1. The summed E-state index contributed by atoms with van der Waals surface area (Å²) in [5, 5.41) is 8.87. The van der Waals surface area contributed by atoms with Crippen molar-refractivity contribution in [1.29, 1.82) is 0 Å². The van der Waals surface area contributed by atoms with E-state index in [1.807, 2.05) is 37.3 Å². The number of carboxylic acid groups (broad SMARTS) is 1. The number of carboxylic acids is 1. The first-order chi connectivity index (χ1) is 17.2. The van der Waals surface area contributed by atoms with Gasteiger partial charge in [-0.3, -0.25) is 4.31 Å². The predicted molar refractivity (Wildman–Crippen MR) is 141 cm³/mol. The van der Waals surface area contributed by atoms with E-state index in [0.29, 0.717) is 49.8 Å². The van der Waals surface area contributed by atoms with Gasteiger partial charge in [0.2, 0.25) is 10.0 Å². The van der Waals surface area contributed by atoms with Gasteiger partial charge in [-0.1, -0.05) is 37.6 Å². The molecule has 8 nitrogen and oxygen atoms in total. The number of ether oxygens (including phenoxy) is 3. The fraction of sp³-hybridized carbons (Fsp3) is 0.444. The molecular formula is C27H37NO7S. The maximum Gasteiger partial charge on any atom is 0.327 e. The number of aliphatic carboxylic acids is 1. The summed E-state index contributed by atoms with van der Waals surface area (Å²) < 4.78 is 42.6. The van der Waals surface area contributed by atoms with E-state index in [1.54, 1.807) is 18.2 Å². The average Bonchev–Trinajstić information content (AvgIpc) is 2.83. The van der Waals surface area contributed by atoms with Gasteiger partial charge >= 0.3 is 5.97 Å². The molecule has 1 N–H and O–H groups in total. The maximum absolute atomic E-state index is 11.7. The van der Waals surface area contributed by atoms with Crippen molar-refractivity contribution in [2.75, 3.05) is 37.4 Å². The number of unbranched alkanes of at least 4 members (excludes halogenated alkanes) is 1. The minimum atomic E-state index is -3.30. The molecule has 0 aliphatic heterocycles. The molecule has 1 unspecified atom stereocenters. The highest BCUT2D eigenvalue weighted by molar-refractivity contribution is 7.92. The Kier molecular flexibility index (Phi) is 11.8. The molecule has 2 aromatic rings.